The molecule has 24 heavy (non-hydrogen) atoms. The Hall–Kier alpha value is -2.74. The Morgan fingerprint density at radius 2 is 2.12 bits per heavy atom. The molecular weight excluding hydrogens is 315 g/mol. The summed E-state index contributed by atoms with van der Waals surface area (Å²) in [4.78, 5) is 29.3. The van der Waals surface area contributed by atoms with E-state index in [1.807, 2.05) is 0 Å². The number of rotatable bonds is 1. The van der Waals surface area contributed by atoms with Crippen molar-refractivity contribution in [3.05, 3.63) is 34.8 Å². The summed E-state index contributed by atoms with van der Waals surface area (Å²) in [5, 5.41) is 14.8. The average molecular weight is 328 g/mol. The number of H-pyrrole nitrogens is 1. The fourth-order valence-corrected chi connectivity index (χ4v) is 3.51. The van der Waals surface area contributed by atoms with Gasteiger partial charge in [-0.25, -0.2) is 9.82 Å². The van der Waals surface area contributed by atoms with Crippen LogP contribution in [-0.2, 0) is 11.3 Å². The number of nitrogens with zero attached hydrogens (tertiary/aromatic N) is 2. The summed E-state index contributed by atoms with van der Waals surface area (Å²) in [5.41, 5.74) is 3.82. The molecule has 3 aliphatic rings. The van der Waals surface area contributed by atoms with Crippen molar-refractivity contribution in [1.82, 2.24) is 15.3 Å². The number of nitrogens with one attached hydrogen (secondary N) is 2. The molecule has 0 atom stereocenters. The molecule has 3 heterocycles. The highest BCUT2D eigenvalue weighted by Crippen LogP contribution is 2.39. The standard InChI is InChI=1S/C16H13FN4O3/c17-7-3-8-12-9(4-7)18-10-5-21(15(23)16(24)1-2-16)6-11(13(10)12)19-20-14(8)22/h3-4,18,24H,1-2,5-6H2,(H,20,22). The van der Waals surface area contributed by atoms with E-state index in [9.17, 15) is 19.1 Å². The third-order valence-electron chi connectivity index (χ3n) is 4.86. The van der Waals surface area contributed by atoms with Crippen LogP contribution in [0.2, 0.25) is 0 Å². The van der Waals surface area contributed by atoms with E-state index < -0.39 is 17.3 Å². The van der Waals surface area contributed by atoms with Crippen molar-refractivity contribution in [3.63, 3.8) is 0 Å². The summed E-state index contributed by atoms with van der Waals surface area (Å²) in [6, 6.07) is 2.52. The molecule has 7 nitrogen and oxygen atoms in total. The molecule has 0 spiro atoms. The molecule has 3 N–H and O–H groups in total. The summed E-state index contributed by atoms with van der Waals surface area (Å²) in [6.45, 7) is 0.456. The first-order chi connectivity index (χ1) is 11.5. The summed E-state index contributed by atoms with van der Waals surface area (Å²) in [7, 11) is 0. The SMILES string of the molecule is O=C1NN=C2CN(C(=O)C3(O)CC3)Cc3[nH]c4cc(F)cc1c4c32. The van der Waals surface area contributed by atoms with Gasteiger partial charge in [-0.05, 0) is 25.0 Å². The third kappa shape index (κ3) is 1.71. The number of carbonyl (C=O) groups excluding carboxylic acids is 2. The molecule has 1 saturated carbocycles. The largest absolute Gasteiger partial charge is 0.380 e. The second-order valence-electron chi connectivity index (χ2n) is 6.55. The van der Waals surface area contributed by atoms with Crippen LogP contribution < -0.4 is 5.43 Å². The van der Waals surface area contributed by atoms with Crippen molar-refractivity contribution in [1.29, 1.82) is 0 Å². The molecule has 1 aliphatic carbocycles. The van der Waals surface area contributed by atoms with Gasteiger partial charge in [0.15, 0.2) is 0 Å². The summed E-state index contributed by atoms with van der Waals surface area (Å²) < 4.78 is 13.8. The molecule has 2 amide bonds. The molecule has 0 unspecified atom stereocenters. The number of aromatic nitrogens is 1. The summed E-state index contributed by atoms with van der Waals surface area (Å²) in [5.74, 6) is -1.34. The highest BCUT2D eigenvalue weighted by Gasteiger charge is 2.51. The molecule has 0 radical (unpaired) electrons. The van der Waals surface area contributed by atoms with Gasteiger partial charge in [-0.15, -0.1) is 0 Å². The van der Waals surface area contributed by atoms with Crippen LogP contribution in [0.5, 0.6) is 0 Å². The molecule has 1 aromatic heterocycles. The molecule has 8 heteroatoms. The van der Waals surface area contributed by atoms with Crippen LogP contribution in [0.1, 0.15) is 34.5 Å². The van der Waals surface area contributed by atoms with Crippen LogP contribution in [0.3, 0.4) is 0 Å². The number of carbonyl (C=O) groups is 2. The Morgan fingerprint density at radius 1 is 1.33 bits per heavy atom. The zero-order valence-corrected chi connectivity index (χ0v) is 12.5. The minimum atomic E-state index is -1.27. The number of aromatic amines is 1. The van der Waals surface area contributed by atoms with E-state index in [4.69, 9.17) is 0 Å². The topological polar surface area (TPSA) is 97.8 Å². The maximum atomic E-state index is 13.8. The van der Waals surface area contributed by atoms with E-state index in [0.717, 1.165) is 5.56 Å². The lowest BCUT2D eigenvalue weighted by Crippen LogP contribution is -2.45. The molecule has 2 aromatic rings. The van der Waals surface area contributed by atoms with Crippen molar-refractivity contribution in [2.75, 3.05) is 6.54 Å². The van der Waals surface area contributed by atoms with Gasteiger partial charge in [0.25, 0.3) is 11.8 Å². The first-order valence-electron chi connectivity index (χ1n) is 7.69. The third-order valence-corrected chi connectivity index (χ3v) is 4.86. The van der Waals surface area contributed by atoms with Gasteiger partial charge in [0.1, 0.15) is 11.4 Å². The predicted octanol–water partition coefficient (Wildman–Crippen LogP) is 0.622. The van der Waals surface area contributed by atoms with Crippen LogP contribution >= 0.6 is 0 Å². The lowest BCUT2D eigenvalue weighted by atomic mass is 9.97. The Kier molecular flexibility index (Phi) is 2.40. The second kappa shape index (κ2) is 4.21. The zero-order valence-electron chi connectivity index (χ0n) is 12.5. The van der Waals surface area contributed by atoms with E-state index in [1.165, 1.54) is 17.0 Å². The monoisotopic (exact) mass is 328 g/mol. The quantitative estimate of drug-likeness (QED) is 0.716. The van der Waals surface area contributed by atoms with Gasteiger partial charge in [-0.3, -0.25) is 9.59 Å². The molecule has 0 bridgehead atoms. The van der Waals surface area contributed by atoms with Crippen molar-refractivity contribution in [3.8, 4) is 0 Å². The van der Waals surface area contributed by atoms with Crippen molar-refractivity contribution < 1.29 is 19.1 Å². The van der Waals surface area contributed by atoms with Gasteiger partial charge < -0.3 is 15.0 Å². The molecule has 1 fully saturated rings. The van der Waals surface area contributed by atoms with Crippen molar-refractivity contribution in [2.24, 2.45) is 5.10 Å². The highest BCUT2D eigenvalue weighted by atomic mass is 19.1. The Morgan fingerprint density at radius 3 is 2.88 bits per heavy atom. The minimum Gasteiger partial charge on any atom is -0.380 e. The lowest BCUT2D eigenvalue weighted by Gasteiger charge is -2.29. The molecule has 5 rings (SSSR count). The van der Waals surface area contributed by atoms with Crippen LogP contribution in [0.15, 0.2) is 17.2 Å². The molecule has 1 aromatic carbocycles. The van der Waals surface area contributed by atoms with E-state index in [0.29, 0.717) is 35.2 Å². The van der Waals surface area contributed by atoms with Gasteiger partial charge in [0.2, 0.25) is 0 Å². The van der Waals surface area contributed by atoms with Crippen LogP contribution in [0.4, 0.5) is 4.39 Å². The number of aliphatic hydroxyl groups is 1. The predicted molar refractivity (Wildman–Crippen MR) is 81.9 cm³/mol. The number of hydrazone groups is 1. The van der Waals surface area contributed by atoms with E-state index in [1.54, 1.807) is 0 Å². The second-order valence-corrected chi connectivity index (χ2v) is 6.55. The summed E-state index contributed by atoms with van der Waals surface area (Å²) in [6.07, 6.45) is 0.918. The zero-order chi connectivity index (χ0) is 16.6. The number of hydrogen-bond donors (Lipinski definition) is 3. The normalized spacial score (nSPS) is 20.5. The van der Waals surface area contributed by atoms with Gasteiger partial charge >= 0.3 is 0 Å². The van der Waals surface area contributed by atoms with E-state index >= 15 is 0 Å². The Balaban J connectivity index is 1.70. The molecule has 0 saturated heterocycles. The van der Waals surface area contributed by atoms with E-state index in [-0.39, 0.29) is 24.6 Å². The molecule has 2 aliphatic heterocycles. The van der Waals surface area contributed by atoms with Crippen molar-refractivity contribution >= 4 is 28.4 Å². The smallest absolute Gasteiger partial charge is 0.272 e. The minimum absolute atomic E-state index is 0.193. The van der Waals surface area contributed by atoms with Crippen LogP contribution in [0.25, 0.3) is 10.9 Å². The fourth-order valence-electron chi connectivity index (χ4n) is 3.51. The van der Waals surface area contributed by atoms with E-state index in [2.05, 4.69) is 15.5 Å². The van der Waals surface area contributed by atoms with Crippen molar-refractivity contribution in [2.45, 2.75) is 25.0 Å². The molecule has 122 valence electrons. The fraction of sp³-hybridized carbons (Fsp3) is 0.312. The van der Waals surface area contributed by atoms with Gasteiger partial charge in [-0.1, -0.05) is 0 Å². The maximum Gasteiger partial charge on any atom is 0.272 e. The van der Waals surface area contributed by atoms with Gasteiger partial charge in [0.05, 0.1) is 29.9 Å². The number of benzene rings is 1. The first-order valence-corrected chi connectivity index (χ1v) is 7.69. The molecular formula is C16H13FN4O3. The maximum absolute atomic E-state index is 13.8. The highest BCUT2D eigenvalue weighted by molar-refractivity contribution is 6.21. The lowest BCUT2D eigenvalue weighted by molar-refractivity contribution is -0.142. The number of amides is 2. The average Bonchev–Trinajstić information content (AvgIpc) is 3.22. The Bertz CT molecular complexity index is 973. The number of halogens is 1. The van der Waals surface area contributed by atoms with Crippen LogP contribution in [0, 0.1) is 5.82 Å². The summed E-state index contributed by atoms with van der Waals surface area (Å²) >= 11 is 0. The first kappa shape index (κ1) is 13.7. The Labute approximate surface area is 135 Å². The number of hydrogen-bond acceptors (Lipinski definition) is 4. The van der Waals surface area contributed by atoms with Gasteiger partial charge in [-0.2, -0.15) is 5.10 Å². The van der Waals surface area contributed by atoms with Gasteiger partial charge in [0, 0.05) is 16.6 Å². The van der Waals surface area contributed by atoms with Crippen LogP contribution in [-0.4, -0.2) is 44.7 Å².